The number of sulfonamides is 1. The molecule has 0 spiro atoms. The van der Waals surface area contributed by atoms with E-state index in [-0.39, 0.29) is 17.3 Å². The number of benzene rings is 2. The van der Waals surface area contributed by atoms with Crippen LogP contribution in [0.5, 0.6) is 5.75 Å². The Morgan fingerprint density at radius 3 is 2.39 bits per heavy atom. The SMILES string of the molecule is CCCCC(CC)CNC(=O)CN(c1ccccc1OC)S(=O)(=O)c1ccc(C)cc1. The Morgan fingerprint density at radius 2 is 1.77 bits per heavy atom. The molecular formula is C24H34N2O4S. The third kappa shape index (κ3) is 6.72. The van der Waals surface area contributed by atoms with E-state index >= 15 is 0 Å². The van der Waals surface area contributed by atoms with E-state index in [2.05, 4.69) is 19.2 Å². The first-order valence-electron chi connectivity index (χ1n) is 10.8. The second kappa shape index (κ2) is 11.7. The van der Waals surface area contributed by atoms with E-state index in [4.69, 9.17) is 4.74 Å². The maximum absolute atomic E-state index is 13.5. The molecule has 1 atom stereocenters. The number of hydrogen-bond donors (Lipinski definition) is 1. The average Bonchev–Trinajstić information content (AvgIpc) is 2.77. The van der Waals surface area contributed by atoms with E-state index < -0.39 is 10.0 Å². The fourth-order valence-corrected chi connectivity index (χ4v) is 4.79. The van der Waals surface area contributed by atoms with E-state index in [1.807, 2.05) is 6.92 Å². The molecule has 7 heteroatoms. The zero-order valence-electron chi connectivity index (χ0n) is 18.9. The summed E-state index contributed by atoms with van der Waals surface area (Å²) in [6.07, 6.45) is 4.24. The summed E-state index contributed by atoms with van der Waals surface area (Å²) < 4.78 is 33.5. The molecule has 0 heterocycles. The lowest BCUT2D eigenvalue weighted by molar-refractivity contribution is -0.119. The Kier molecular flexibility index (Phi) is 9.37. The first-order chi connectivity index (χ1) is 14.8. The van der Waals surface area contributed by atoms with Crippen molar-refractivity contribution in [3.8, 4) is 5.75 Å². The first kappa shape index (κ1) is 24.7. The third-order valence-electron chi connectivity index (χ3n) is 5.38. The molecule has 0 saturated carbocycles. The minimum absolute atomic E-state index is 0.131. The van der Waals surface area contributed by atoms with Crippen LogP contribution in [0.25, 0.3) is 0 Å². The van der Waals surface area contributed by atoms with Gasteiger partial charge in [-0.25, -0.2) is 8.42 Å². The molecule has 0 aliphatic carbocycles. The van der Waals surface area contributed by atoms with Gasteiger partial charge >= 0.3 is 0 Å². The zero-order valence-corrected chi connectivity index (χ0v) is 19.7. The molecule has 0 bridgehead atoms. The van der Waals surface area contributed by atoms with Gasteiger partial charge in [-0.1, -0.05) is 62.9 Å². The van der Waals surface area contributed by atoms with Gasteiger partial charge in [-0.05, 0) is 43.5 Å². The van der Waals surface area contributed by atoms with E-state index in [9.17, 15) is 13.2 Å². The highest BCUT2D eigenvalue weighted by Gasteiger charge is 2.29. The minimum Gasteiger partial charge on any atom is -0.495 e. The van der Waals surface area contributed by atoms with E-state index in [1.54, 1.807) is 48.5 Å². The van der Waals surface area contributed by atoms with Crippen LogP contribution in [-0.4, -0.2) is 34.5 Å². The predicted molar refractivity (Wildman–Crippen MR) is 125 cm³/mol. The number of rotatable bonds is 12. The number of carbonyl (C=O) groups is 1. The molecule has 0 fully saturated rings. The van der Waals surface area contributed by atoms with Crippen LogP contribution < -0.4 is 14.4 Å². The number of anilines is 1. The molecule has 0 aliphatic heterocycles. The lowest BCUT2D eigenvalue weighted by Crippen LogP contribution is -2.42. The number of nitrogens with one attached hydrogen (secondary N) is 1. The van der Waals surface area contributed by atoms with Gasteiger partial charge in [0.05, 0.1) is 17.7 Å². The quantitative estimate of drug-likeness (QED) is 0.520. The Balaban J connectivity index is 2.30. The summed E-state index contributed by atoms with van der Waals surface area (Å²) >= 11 is 0. The van der Waals surface area contributed by atoms with Gasteiger partial charge in [0.15, 0.2) is 0 Å². The van der Waals surface area contributed by atoms with Gasteiger partial charge in [0.1, 0.15) is 12.3 Å². The number of para-hydroxylation sites is 2. The number of hydrogen-bond acceptors (Lipinski definition) is 4. The molecule has 1 N–H and O–H groups in total. The van der Waals surface area contributed by atoms with Crippen molar-refractivity contribution in [2.75, 3.05) is 24.5 Å². The lowest BCUT2D eigenvalue weighted by Gasteiger charge is -2.26. The molecule has 0 saturated heterocycles. The van der Waals surface area contributed by atoms with Gasteiger partial charge in [0.25, 0.3) is 10.0 Å². The van der Waals surface area contributed by atoms with Crippen molar-refractivity contribution in [3.63, 3.8) is 0 Å². The van der Waals surface area contributed by atoms with Crippen molar-refractivity contribution in [3.05, 3.63) is 54.1 Å². The highest BCUT2D eigenvalue weighted by atomic mass is 32.2. The van der Waals surface area contributed by atoms with Crippen LogP contribution in [0.4, 0.5) is 5.69 Å². The first-order valence-corrected chi connectivity index (χ1v) is 12.3. The van der Waals surface area contributed by atoms with Gasteiger partial charge in [0.2, 0.25) is 5.91 Å². The van der Waals surface area contributed by atoms with Crippen LogP contribution >= 0.6 is 0 Å². The molecule has 0 radical (unpaired) electrons. The summed E-state index contributed by atoms with van der Waals surface area (Å²) in [5.41, 5.74) is 1.29. The smallest absolute Gasteiger partial charge is 0.264 e. The largest absolute Gasteiger partial charge is 0.495 e. The zero-order chi connectivity index (χ0) is 22.9. The highest BCUT2D eigenvalue weighted by Crippen LogP contribution is 2.32. The van der Waals surface area contributed by atoms with Crippen molar-refractivity contribution < 1.29 is 17.9 Å². The maximum Gasteiger partial charge on any atom is 0.264 e. The molecule has 2 rings (SSSR count). The molecule has 2 aromatic rings. The fraction of sp³-hybridized carbons (Fsp3) is 0.458. The van der Waals surface area contributed by atoms with Gasteiger partial charge in [-0.15, -0.1) is 0 Å². The fourth-order valence-electron chi connectivity index (χ4n) is 3.36. The Hall–Kier alpha value is -2.54. The van der Waals surface area contributed by atoms with Crippen LogP contribution in [-0.2, 0) is 14.8 Å². The maximum atomic E-state index is 13.5. The van der Waals surface area contributed by atoms with Gasteiger partial charge in [-0.3, -0.25) is 9.10 Å². The standard InChI is InChI=1S/C24H34N2O4S/c1-5-7-10-20(6-2)17-25-24(27)18-26(22-11-8-9-12-23(22)30-4)31(28,29)21-15-13-19(3)14-16-21/h8-9,11-16,20H,5-7,10,17-18H2,1-4H3,(H,25,27). The molecule has 2 aromatic carbocycles. The van der Waals surface area contributed by atoms with Gasteiger partial charge < -0.3 is 10.1 Å². The number of nitrogens with zero attached hydrogens (tertiary/aromatic N) is 1. The second-order valence-corrected chi connectivity index (χ2v) is 9.58. The molecule has 170 valence electrons. The van der Waals surface area contributed by atoms with Crippen LogP contribution in [0.15, 0.2) is 53.4 Å². The Morgan fingerprint density at radius 1 is 1.10 bits per heavy atom. The monoisotopic (exact) mass is 446 g/mol. The molecule has 0 aliphatic rings. The van der Waals surface area contributed by atoms with Crippen molar-refractivity contribution in [1.29, 1.82) is 0 Å². The summed E-state index contributed by atoms with van der Waals surface area (Å²) in [6, 6.07) is 13.4. The molecule has 0 aromatic heterocycles. The molecule has 1 unspecified atom stereocenters. The summed E-state index contributed by atoms with van der Waals surface area (Å²) in [6.45, 7) is 6.37. The van der Waals surface area contributed by atoms with E-state index in [0.29, 0.717) is 23.9 Å². The second-order valence-electron chi connectivity index (χ2n) is 7.72. The predicted octanol–water partition coefficient (Wildman–Crippen LogP) is 4.53. The summed E-state index contributed by atoms with van der Waals surface area (Å²) in [5.74, 6) is 0.439. The van der Waals surface area contributed by atoms with Crippen LogP contribution in [0.3, 0.4) is 0 Å². The topological polar surface area (TPSA) is 75.7 Å². The number of amides is 1. The van der Waals surface area contributed by atoms with Crippen LogP contribution in [0, 0.1) is 12.8 Å². The summed E-state index contributed by atoms with van der Waals surface area (Å²) in [4.78, 5) is 12.9. The molecule has 31 heavy (non-hydrogen) atoms. The van der Waals surface area contributed by atoms with Crippen molar-refractivity contribution >= 4 is 21.6 Å². The molecule has 6 nitrogen and oxygen atoms in total. The molecular weight excluding hydrogens is 412 g/mol. The Labute approximate surface area is 186 Å². The van der Waals surface area contributed by atoms with Crippen molar-refractivity contribution in [2.24, 2.45) is 5.92 Å². The molecule has 1 amide bonds. The van der Waals surface area contributed by atoms with E-state index in [0.717, 1.165) is 35.6 Å². The summed E-state index contributed by atoms with van der Waals surface area (Å²) in [5, 5.41) is 2.93. The number of methoxy groups -OCH3 is 1. The number of carbonyl (C=O) groups excluding carboxylic acids is 1. The van der Waals surface area contributed by atoms with E-state index in [1.165, 1.54) is 7.11 Å². The third-order valence-corrected chi connectivity index (χ3v) is 7.16. The number of ether oxygens (including phenoxy) is 1. The Bertz CT molecular complexity index is 942. The van der Waals surface area contributed by atoms with Gasteiger partial charge in [-0.2, -0.15) is 0 Å². The minimum atomic E-state index is -3.96. The van der Waals surface area contributed by atoms with Crippen molar-refractivity contribution in [1.82, 2.24) is 5.32 Å². The van der Waals surface area contributed by atoms with Crippen molar-refractivity contribution in [2.45, 2.75) is 51.3 Å². The van der Waals surface area contributed by atoms with Crippen LogP contribution in [0.1, 0.15) is 45.1 Å². The number of unbranched alkanes of at least 4 members (excludes halogenated alkanes) is 1. The highest BCUT2D eigenvalue weighted by molar-refractivity contribution is 7.92. The average molecular weight is 447 g/mol. The van der Waals surface area contributed by atoms with Gasteiger partial charge in [0, 0.05) is 6.54 Å². The van der Waals surface area contributed by atoms with Crippen LogP contribution in [0.2, 0.25) is 0 Å². The summed E-state index contributed by atoms with van der Waals surface area (Å²) in [7, 11) is -2.48. The number of aryl methyl sites for hydroxylation is 1. The normalized spacial score (nSPS) is 12.3. The lowest BCUT2D eigenvalue weighted by atomic mass is 9.99.